The van der Waals surface area contributed by atoms with Gasteiger partial charge in [0, 0.05) is 6.26 Å². The van der Waals surface area contributed by atoms with Gasteiger partial charge < -0.3 is 14.8 Å². The predicted molar refractivity (Wildman–Crippen MR) is 54.3 cm³/mol. The van der Waals surface area contributed by atoms with Gasteiger partial charge in [0.25, 0.3) is 11.5 Å². The number of H-pyrrole nitrogens is 1. The summed E-state index contributed by atoms with van der Waals surface area (Å²) in [6.07, 6.45) is 0.858. The zero-order valence-corrected chi connectivity index (χ0v) is 9.02. The van der Waals surface area contributed by atoms with Crippen molar-refractivity contribution in [2.24, 2.45) is 5.73 Å². The molecule has 4 N–H and O–H groups in total. The van der Waals surface area contributed by atoms with Crippen molar-refractivity contribution in [1.82, 2.24) is 5.16 Å². The first kappa shape index (κ1) is 11.8. The molecule has 0 aliphatic rings. The molecule has 1 rings (SSSR count). The number of primary amides is 1. The summed E-state index contributed by atoms with van der Waals surface area (Å²) in [6, 6.07) is 0. The van der Waals surface area contributed by atoms with E-state index in [4.69, 9.17) is 17.3 Å². The second-order valence-electron chi connectivity index (χ2n) is 2.67. The lowest BCUT2D eigenvalue weighted by atomic mass is 10.3. The summed E-state index contributed by atoms with van der Waals surface area (Å²) in [6.45, 7) is 0. The molecule has 0 saturated carbocycles. The summed E-state index contributed by atoms with van der Waals surface area (Å²) in [7, 11) is -3.67. The van der Waals surface area contributed by atoms with E-state index in [0.29, 0.717) is 0 Å². The number of hydrogen-bond donors (Lipinski definition) is 3. The highest BCUT2D eigenvalue weighted by Gasteiger charge is 2.25. The Kier molecular flexibility index (Phi) is 2.93. The molecule has 0 aliphatic carbocycles. The SMILES string of the molecule is CS(=O)(O)=C(C(N)=O)c1o[nH]c(=O)c1Cl. The van der Waals surface area contributed by atoms with Crippen molar-refractivity contribution < 1.29 is 18.1 Å². The Balaban J connectivity index is 3.66. The number of carbonyl (C=O) groups excluding carboxylic acids is 1. The first-order valence-electron chi connectivity index (χ1n) is 3.51. The predicted octanol–water partition coefficient (Wildman–Crippen LogP) is -0.986. The van der Waals surface area contributed by atoms with Crippen molar-refractivity contribution >= 4 is 32.2 Å². The van der Waals surface area contributed by atoms with E-state index in [1.54, 1.807) is 0 Å². The van der Waals surface area contributed by atoms with Gasteiger partial charge in [0.1, 0.15) is 0 Å². The Morgan fingerprint density at radius 1 is 1.67 bits per heavy atom. The topological polar surface area (TPSA) is 126 Å². The fourth-order valence-electron chi connectivity index (χ4n) is 0.907. The van der Waals surface area contributed by atoms with Crippen LogP contribution in [0.5, 0.6) is 0 Å². The van der Waals surface area contributed by atoms with Gasteiger partial charge in [0.05, 0.1) is 9.80 Å². The van der Waals surface area contributed by atoms with Crippen molar-refractivity contribution in [2.75, 3.05) is 6.26 Å². The highest BCUT2D eigenvalue weighted by atomic mass is 35.5. The quantitative estimate of drug-likeness (QED) is 0.462. The minimum Gasteiger partial charge on any atom is -0.376 e. The largest absolute Gasteiger partial charge is 0.376 e. The average Bonchev–Trinajstić information content (AvgIpc) is 2.33. The van der Waals surface area contributed by atoms with E-state index < -0.39 is 36.9 Å². The van der Waals surface area contributed by atoms with Crippen molar-refractivity contribution in [3.05, 3.63) is 21.1 Å². The van der Waals surface area contributed by atoms with Crippen LogP contribution in [0.1, 0.15) is 5.76 Å². The zero-order valence-electron chi connectivity index (χ0n) is 7.44. The highest BCUT2D eigenvalue weighted by molar-refractivity contribution is 7.98. The molecule has 84 valence electrons. The maximum absolute atomic E-state index is 11.3. The van der Waals surface area contributed by atoms with E-state index in [-0.39, 0.29) is 0 Å². The summed E-state index contributed by atoms with van der Waals surface area (Å²) < 4.78 is 25.0. The number of carbonyl (C=O) groups is 1. The van der Waals surface area contributed by atoms with Crippen molar-refractivity contribution in [3.8, 4) is 0 Å². The Labute approximate surface area is 89.0 Å². The summed E-state index contributed by atoms with van der Waals surface area (Å²) in [5.74, 6) is -1.70. The van der Waals surface area contributed by atoms with E-state index in [1.807, 2.05) is 5.16 Å². The number of aromatic amines is 1. The first-order valence-corrected chi connectivity index (χ1v) is 5.81. The number of nitrogens with one attached hydrogen (secondary N) is 1. The van der Waals surface area contributed by atoms with E-state index in [2.05, 4.69) is 4.52 Å². The molecule has 0 saturated heterocycles. The van der Waals surface area contributed by atoms with Gasteiger partial charge in [-0.1, -0.05) is 11.6 Å². The van der Waals surface area contributed by atoms with Gasteiger partial charge in [-0.05, 0) is 0 Å². The minimum absolute atomic E-state index is 0.493. The lowest BCUT2D eigenvalue weighted by molar-refractivity contribution is -0.111. The van der Waals surface area contributed by atoms with Crippen LogP contribution in [0.25, 0.3) is 0 Å². The third-order valence-electron chi connectivity index (χ3n) is 1.45. The second-order valence-corrected chi connectivity index (χ2v) is 5.06. The second kappa shape index (κ2) is 3.72. The molecule has 1 atom stereocenters. The zero-order chi connectivity index (χ0) is 11.8. The van der Waals surface area contributed by atoms with Gasteiger partial charge in [-0.25, -0.2) is 4.21 Å². The molecule has 0 radical (unpaired) electrons. The molecule has 0 fully saturated rings. The van der Waals surface area contributed by atoms with E-state index in [0.717, 1.165) is 6.26 Å². The van der Waals surface area contributed by atoms with Crippen LogP contribution in [0.3, 0.4) is 0 Å². The van der Waals surface area contributed by atoms with Gasteiger partial charge in [0.2, 0.25) is 5.76 Å². The maximum atomic E-state index is 11.3. The summed E-state index contributed by atoms with van der Waals surface area (Å²) in [4.78, 5) is 21.1. The van der Waals surface area contributed by atoms with Crippen molar-refractivity contribution in [3.63, 3.8) is 0 Å². The summed E-state index contributed by atoms with van der Waals surface area (Å²) >= 11 is 5.45. The average molecular weight is 255 g/mol. The third-order valence-corrected chi connectivity index (χ3v) is 2.94. The smallest absolute Gasteiger partial charge is 0.299 e. The monoisotopic (exact) mass is 254 g/mol. The third kappa shape index (κ3) is 2.22. The van der Waals surface area contributed by atoms with Gasteiger partial charge in [0.15, 0.2) is 9.89 Å². The number of rotatable bonds is 2. The Morgan fingerprint density at radius 2 is 2.20 bits per heavy atom. The molecule has 1 amide bonds. The van der Waals surface area contributed by atoms with Crippen molar-refractivity contribution in [2.45, 2.75) is 0 Å². The normalized spacial score (nSPS) is 14.6. The Hall–Kier alpha value is -1.25. The number of hydrogen-bond acceptors (Lipinski definition) is 4. The van der Waals surface area contributed by atoms with Crippen molar-refractivity contribution in [1.29, 1.82) is 0 Å². The molecule has 1 heterocycles. The summed E-state index contributed by atoms with van der Waals surface area (Å²) in [5.41, 5.74) is 4.07. The molecule has 0 aromatic carbocycles. The van der Waals surface area contributed by atoms with Crippen LogP contribution in [-0.4, -0.2) is 30.9 Å². The standard InChI is InChI=1S/C6H7ClN2O5S/c1-15(12,13)4(5(8)10)3-2(7)6(11)9-14-3/h1H3,(H2,8,10)(H,9,11)(H,12,13). The number of aromatic nitrogens is 1. The molecule has 0 bridgehead atoms. The number of amides is 1. The fraction of sp³-hybridized carbons (Fsp3) is 0.167. The van der Waals surface area contributed by atoms with Gasteiger partial charge >= 0.3 is 0 Å². The van der Waals surface area contributed by atoms with Crippen LogP contribution < -0.4 is 11.3 Å². The fourth-order valence-corrected chi connectivity index (χ4v) is 2.00. The first-order chi connectivity index (χ1) is 6.75. The van der Waals surface area contributed by atoms with Crippen LogP contribution in [-0.2, 0) is 14.6 Å². The Bertz CT molecular complexity index is 569. The molecule has 1 aromatic heterocycles. The van der Waals surface area contributed by atoms with Crippen LogP contribution in [0.2, 0.25) is 5.02 Å². The van der Waals surface area contributed by atoms with Crippen LogP contribution in [0, 0.1) is 0 Å². The van der Waals surface area contributed by atoms with Gasteiger partial charge in [-0.15, -0.1) is 0 Å². The molecular weight excluding hydrogens is 248 g/mol. The molecule has 15 heavy (non-hydrogen) atoms. The van der Waals surface area contributed by atoms with E-state index >= 15 is 0 Å². The van der Waals surface area contributed by atoms with Gasteiger partial charge in [-0.2, -0.15) is 5.16 Å². The van der Waals surface area contributed by atoms with E-state index in [9.17, 15) is 18.4 Å². The number of nitrogens with two attached hydrogens (primary N) is 1. The molecule has 7 nitrogen and oxygen atoms in total. The molecule has 1 unspecified atom stereocenters. The lowest BCUT2D eigenvalue weighted by Gasteiger charge is -2.01. The minimum atomic E-state index is -3.67. The summed E-state index contributed by atoms with van der Waals surface area (Å²) in [5, 5.41) is 1.32. The van der Waals surface area contributed by atoms with Gasteiger partial charge in [-0.3, -0.25) is 9.59 Å². The molecule has 0 aliphatic heterocycles. The lowest BCUT2D eigenvalue weighted by Crippen LogP contribution is -2.30. The molecule has 1 aromatic rings. The number of halogens is 1. The van der Waals surface area contributed by atoms with Crippen LogP contribution in [0.15, 0.2) is 9.32 Å². The van der Waals surface area contributed by atoms with E-state index in [1.165, 1.54) is 0 Å². The molecular formula is C6H7ClN2O5S. The Morgan fingerprint density at radius 3 is 2.47 bits per heavy atom. The maximum Gasteiger partial charge on any atom is 0.299 e. The van der Waals surface area contributed by atoms with Crippen LogP contribution >= 0.6 is 11.6 Å². The molecule has 9 heteroatoms. The molecule has 0 spiro atoms. The van der Waals surface area contributed by atoms with Crippen LogP contribution in [0.4, 0.5) is 0 Å². The highest BCUT2D eigenvalue weighted by Crippen LogP contribution is 2.12.